The van der Waals surface area contributed by atoms with Crippen molar-refractivity contribution in [2.24, 2.45) is 5.92 Å². The molecule has 0 bridgehead atoms. The van der Waals surface area contributed by atoms with Crippen molar-refractivity contribution >= 4 is 23.3 Å². The Morgan fingerprint density at radius 2 is 1.90 bits per heavy atom. The first-order valence-corrected chi connectivity index (χ1v) is 14.1. The van der Waals surface area contributed by atoms with Gasteiger partial charge in [0, 0.05) is 44.8 Å². The second-order valence-corrected chi connectivity index (χ2v) is 11.7. The molecule has 3 heterocycles. The summed E-state index contributed by atoms with van der Waals surface area (Å²) >= 11 is 5.90. The van der Waals surface area contributed by atoms with Gasteiger partial charge in [0.15, 0.2) is 6.04 Å². The number of nitrogens with zero attached hydrogens (tertiary/aromatic N) is 4. The molecule has 2 unspecified atom stereocenters. The molecule has 0 spiro atoms. The van der Waals surface area contributed by atoms with E-state index in [2.05, 4.69) is 15.2 Å². The van der Waals surface area contributed by atoms with Crippen molar-refractivity contribution in [2.75, 3.05) is 38.0 Å². The van der Waals surface area contributed by atoms with Crippen molar-refractivity contribution < 1.29 is 22.4 Å². The Kier molecular flexibility index (Phi) is 7.12. The van der Waals surface area contributed by atoms with Gasteiger partial charge in [0.1, 0.15) is 5.82 Å². The average Bonchev–Trinajstić information content (AvgIpc) is 3.42. The number of carbonyl (C=O) groups is 1. The minimum absolute atomic E-state index is 0.0359. The van der Waals surface area contributed by atoms with Gasteiger partial charge < -0.3 is 20.0 Å². The second kappa shape index (κ2) is 10.4. The lowest BCUT2D eigenvalue weighted by atomic mass is 10.1. The quantitative estimate of drug-likeness (QED) is 0.440. The number of urea groups is 1. The van der Waals surface area contributed by atoms with Crippen LogP contribution >= 0.6 is 11.6 Å². The summed E-state index contributed by atoms with van der Waals surface area (Å²) in [6.45, 7) is 3.15. The third kappa shape index (κ3) is 5.55. The third-order valence-corrected chi connectivity index (χ3v) is 8.75. The zero-order chi connectivity index (χ0) is 27.3. The van der Waals surface area contributed by atoms with E-state index in [4.69, 9.17) is 11.6 Å². The third-order valence-electron chi connectivity index (χ3n) is 8.46. The van der Waals surface area contributed by atoms with Crippen LogP contribution in [0.5, 0.6) is 0 Å². The molecule has 2 aliphatic carbocycles. The van der Waals surface area contributed by atoms with Gasteiger partial charge in [0.05, 0.1) is 22.6 Å². The number of hydrogen-bond donors (Lipinski definition) is 1. The van der Waals surface area contributed by atoms with Gasteiger partial charge in [-0.1, -0.05) is 17.7 Å². The number of aromatic nitrogens is 1. The number of benzene rings is 1. The molecule has 2 saturated heterocycles. The molecular formula is C28H32ClF4N5O. The number of amides is 2. The van der Waals surface area contributed by atoms with Crippen LogP contribution in [0.4, 0.5) is 28.0 Å². The fraction of sp³-hybridized carbons (Fsp3) is 0.571. The Morgan fingerprint density at radius 3 is 2.62 bits per heavy atom. The highest BCUT2D eigenvalue weighted by atomic mass is 35.5. The summed E-state index contributed by atoms with van der Waals surface area (Å²) in [6.07, 6.45) is 1.46. The van der Waals surface area contributed by atoms with E-state index in [0.29, 0.717) is 37.1 Å². The number of halogens is 5. The lowest BCUT2D eigenvalue weighted by Crippen LogP contribution is -2.56. The van der Waals surface area contributed by atoms with Crippen LogP contribution < -0.4 is 5.32 Å². The number of alkyl halides is 3. The molecule has 1 aromatic carbocycles. The van der Waals surface area contributed by atoms with Crippen molar-refractivity contribution in [1.29, 1.82) is 0 Å². The molecule has 6 rings (SSSR count). The number of anilines is 1. The van der Waals surface area contributed by atoms with Crippen molar-refractivity contribution in [3.8, 4) is 0 Å². The summed E-state index contributed by atoms with van der Waals surface area (Å²) < 4.78 is 57.6. The first-order chi connectivity index (χ1) is 18.7. The highest BCUT2D eigenvalue weighted by Crippen LogP contribution is 2.40. The number of hydrogen-bond acceptors (Lipinski definition) is 4. The van der Waals surface area contributed by atoms with E-state index >= 15 is 0 Å². The maximum atomic E-state index is 14.4. The zero-order valence-corrected chi connectivity index (χ0v) is 22.3. The molecule has 2 amide bonds. The summed E-state index contributed by atoms with van der Waals surface area (Å²) in [4.78, 5) is 22.5. The van der Waals surface area contributed by atoms with Crippen molar-refractivity contribution in [3.05, 3.63) is 58.1 Å². The van der Waals surface area contributed by atoms with Gasteiger partial charge in [-0.25, -0.2) is 9.18 Å². The van der Waals surface area contributed by atoms with Crippen LogP contribution in [-0.4, -0.2) is 76.7 Å². The first kappa shape index (κ1) is 26.6. The SMILES string of the molecule is O=C1N(C(c2ccc(NC3Cc4ccc(Cl)c(F)c4C3)cn2)C(F)(F)F)CCCN1[C@@H]1CCN(CC2CC2)C1. The van der Waals surface area contributed by atoms with Gasteiger partial charge in [-0.3, -0.25) is 4.98 Å². The molecule has 4 aliphatic rings. The topological polar surface area (TPSA) is 51.7 Å². The minimum Gasteiger partial charge on any atom is -0.380 e. The second-order valence-electron chi connectivity index (χ2n) is 11.3. The molecule has 2 aliphatic heterocycles. The van der Waals surface area contributed by atoms with E-state index < -0.39 is 24.1 Å². The zero-order valence-electron chi connectivity index (χ0n) is 21.6. The summed E-state index contributed by atoms with van der Waals surface area (Å²) in [7, 11) is 0. The normalized spacial score (nSPS) is 24.8. The van der Waals surface area contributed by atoms with Crippen LogP contribution in [-0.2, 0) is 12.8 Å². The number of likely N-dealkylation sites (tertiary alicyclic amines) is 1. The van der Waals surface area contributed by atoms with E-state index in [9.17, 15) is 22.4 Å². The molecule has 2 aromatic rings. The largest absolute Gasteiger partial charge is 0.414 e. The van der Waals surface area contributed by atoms with Crippen LogP contribution in [0.15, 0.2) is 30.5 Å². The van der Waals surface area contributed by atoms with Crippen LogP contribution in [0, 0.1) is 11.7 Å². The van der Waals surface area contributed by atoms with Crippen molar-refractivity contribution in [1.82, 2.24) is 19.7 Å². The molecule has 210 valence electrons. The number of pyridine rings is 1. The van der Waals surface area contributed by atoms with E-state index in [1.807, 2.05) is 0 Å². The fourth-order valence-corrected chi connectivity index (χ4v) is 6.54. The monoisotopic (exact) mass is 565 g/mol. The molecule has 1 saturated carbocycles. The highest BCUT2D eigenvalue weighted by Gasteiger charge is 2.50. The molecule has 11 heteroatoms. The molecular weight excluding hydrogens is 534 g/mol. The Labute approximate surface area is 230 Å². The number of fused-ring (bicyclic) bond motifs is 1. The molecule has 1 aromatic heterocycles. The average molecular weight is 566 g/mol. The molecule has 0 radical (unpaired) electrons. The van der Waals surface area contributed by atoms with E-state index in [-0.39, 0.29) is 29.3 Å². The number of carbonyl (C=O) groups excluding carboxylic acids is 1. The fourth-order valence-electron chi connectivity index (χ4n) is 6.37. The van der Waals surface area contributed by atoms with Gasteiger partial charge >= 0.3 is 12.2 Å². The lowest BCUT2D eigenvalue weighted by molar-refractivity contribution is -0.183. The van der Waals surface area contributed by atoms with Gasteiger partial charge in [0.25, 0.3) is 0 Å². The van der Waals surface area contributed by atoms with Gasteiger partial charge in [-0.2, -0.15) is 13.2 Å². The van der Waals surface area contributed by atoms with Gasteiger partial charge in [-0.15, -0.1) is 0 Å². The predicted octanol–water partition coefficient (Wildman–Crippen LogP) is 5.67. The maximum Gasteiger partial charge on any atom is 0.414 e. The van der Waals surface area contributed by atoms with Crippen LogP contribution in [0.2, 0.25) is 5.02 Å². The lowest BCUT2D eigenvalue weighted by Gasteiger charge is -2.42. The Morgan fingerprint density at radius 1 is 1.08 bits per heavy atom. The summed E-state index contributed by atoms with van der Waals surface area (Å²) in [5.41, 5.74) is 1.75. The smallest absolute Gasteiger partial charge is 0.380 e. The Balaban J connectivity index is 1.14. The van der Waals surface area contributed by atoms with Crippen molar-refractivity contribution in [2.45, 2.75) is 62.8 Å². The Bertz CT molecular complexity index is 1220. The molecule has 39 heavy (non-hydrogen) atoms. The minimum atomic E-state index is -4.67. The number of nitrogens with one attached hydrogen (secondary N) is 1. The van der Waals surface area contributed by atoms with E-state index in [1.54, 1.807) is 17.0 Å². The van der Waals surface area contributed by atoms with Crippen LogP contribution in [0.1, 0.15) is 48.5 Å². The highest BCUT2D eigenvalue weighted by molar-refractivity contribution is 6.30. The standard InChI is InChI=1S/C28H32ClF4N5O/c29-23-6-4-18-12-20(13-22(18)25(23)30)35-19-5-7-24(34-14-19)26(28(31,32)33)38-10-1-9-37(27(38)39)21-8-11-36(16-21)15-17-2-3-17/h4-7,14,17,20-21,26,35H,1-3,8-13,15-16H2/t20?,21-,26?/m1/s1. The molecule has 6 nitrogen and oxygen atoms in total. The molecule has 1 N–H and O–H groups in total. The predicted molar refractivity (Wildman–Crippen MR) is 140 cm³/mol. The molecule has 3 atom stereocenters. The number of rotatable bonds is 7. The molecule has 3 fully saturated rings. The van der Waals surface area contributed by atoms with Crippen LogP contribution in [0.3, 0.4) is 0 Å². The van der Waals surface area contributed by atoms with Gasteiger partial charge in [-0.05, 0) is 73.8 Å². The van der Waals surface area contributed by atoms with Crippen LogP contribution in [0.25, 0.3) is 0 Å². The first-order valence-electron chi connectivity index (χ1n) is 13.7. The van der Waals surface area contributed by atoms with Gasteiger partial charge in [0.2, 0.25) is 0 Å². The Hall–Kier alpha value is -2.59. The summed E-state index contributed by atoms with van der Waals surface area (Å²) in [5, 5.41) is 3.32. The summed E-state index contributed by atoms with van der Waals surface area (Å²) in [6, 6.07) is 3.36. The summed E-state index contributed by atoms with van der Waals surface area (Å²) in [5.74, 6) is 0.313. The van der Waals surface area contributed by atoms with E-state index in [0.717, 1.165) is 42.4 Å². The van der Waals surface area contributed by atoms with Crippen molar-refractivity contribution in [3.63, 3.8) is 0 Å². The maximum absolute atomic E-state index is 14.4. The van der Waals surface area contributed by atoms with E-state index in [1.165, 1.54) is 31.2 Å².